The van der Waals surface area contributed by atoms with Gasteiger partial charge in [-0.2, -0.15) is 0 Å². The number of carbonyl (C=O) groups is 1. The van der Waals surface area contributed by atoms with E-state index in [1.165, 1.54) is 0 Å². The molecular weight excluding hydrogens is 264 g/mol. The molecule has 0 aliphatic carbocycles. The van der Waals surface area contributed by atoms with Crippen molar-refractivity contribution in [3.8, 4) is 0 Å². The van der Waals surface area contributed by atoms with Crippen LogP contribution in [0, 0.1) is 0 Å². The highest BCUT2D eigenvalue weighted by atomic mass is 16.2. The van der Waals surface area contributed by atoms with Gasteiger partial charge in [0.25, 0.3) is 5.91 Å². The van der Waals surface area contributed by atoms with Crippen molar-refractivity contribution in [2.24, 2.45) is 5.73 Å². The molecule has 21 heavy (non-hydrogen) atoms. The van der Waals surface area contributed by atoms with E-state index < -0.39 is 0 Å². The molecule has 0 saturated carbocycles. The highest BCUT2D eigenvalue weighted by Gasteiger charge is 2.18. The lowest BCUT2D eigenvalue weighted by Gasteiger charge is -2.17. The van der Waals surface area contributed by atoms with Crippen molar-refractivity contribution in [3.63, 3.8) is 0 Å². The van der Waals surface area contributed by atoms with E-state index in [9.17, 15) is 4.79 Å². The topological polar surface area (TPSA) is 64.2 Å². The maximum Gasteiger partial charge on any atom is 0.255 e. The Morgan fingerprint density at radius 2 is 2.14 bits per heavy atom. The van der Waals surface area contributed by atoms with Crippen molar-refractivity contribution in [2.75, 3.05) is 20.6 Å². The lowest BCUT2D eigenvalue weighted by Crippen LogP contribution is -2.22. The van der Waals surface area contributed by atoms with Gasteiger partial charge in [0.05, 0.1) is 22.9 Å². The standard InChI is InChI=1S/C16H24N4O/c1-12(7-4-5-10-17)20-11-18-14-9-6-8-13(15(14)20)16(21)19(2)3/h6,8-9,11-12H,4-5,7,10,17H2,1-3H3. The van der Waals surface area contributed by atoms with Gasteiger partial charge in [-0.05, 0) is 38.4 Å². The normalized spacial score (nSPS) is 12.6. The molecule has 5 heteroatoms. The fraction of sp³-hybridized carbons (Fsp3) is 0.500. The van der Waals surface area contributed by atoms with Crippen LogP contribution in [0.1, 0.15) is 42.6 Å². The van der Waals surface area contributed by atoms with Crippen LogP contribution in [0.25, 0.3) is 11.0 Å². The number of aromatic nitrogens is 2. The molecule has 114 valence electrons. The largest absolute Gasteiger partial charge is 0.345 e. The molecule has 0 saturated heterocycles. The van der Waals surface area contributed by atoms with Gasteiger partial charge in [0.2, 0.25) is 0 Å². The van der Waals surface area contributed by atoms with E-state index in [0.717, 1.165) is 36.8 Å². The maximum atomic E-state index is 12.4. The van der Waals surface area contributed by atoms with E-state index in [2.05, 4.69) is 16.5 Å². The van der Waals surface area contributed by atoms with Crippen LogP contribution in [0.3, 0.4) is 0 Å². The third-order valence-corrected chi connectivity index (χ3v) is 3.78. The number of fused-ring (bicyclic) bond motifs is 1. The average Bonchev–Trinajstić information content (AvgIpc) is 2.90. The molecule has 0 aliphatic heterocycles. The van der Waals surface area contributed by atoms with E-state index >= 15 is 0 Å². The van der Waals surface area contributed by atoms with E-state index in [-0.39, 0.29) is 5.91 Å². The van der Waals surface area contributed by atoms with Gasteiger partial charge in [-0.15, -0.1) is 0 Å². The van der Waals surface area contributed by atoms with Crippen molar-refractivity contribution >= 4 is 16.9 Å². The number of benzene rings is 1. The molecule has 0 bridgehead atoms. The van der Waals surface area contributed by atoms with Crippen LogP contribution in [0.2, 0.25) is 0 Å². The Balaban J connectivity index is 2.39. The van der Waals surface area contributed by atoms with E-state index in [1.807, 2.05) is 24.5 Å². The lowest BCUT2D eigenvalue weighted by atomic mass is 10.1. The summed E-state index contributed by atoms with van der Waals surface area (Å²) in [5.41, 5.74) is 8.06. The highest BCUT2D eigenvalue weighted by Crippen LogP contribution is 2.25. The fourth-order valence-corrected chi connectivity index (χ4v) is 2.56. The number of amides is 1. The number of hydrogen-bond acceptors (Lipinski definition) is 3. The number of carbonyl (C=O) groups excluding carboxylic acids is 1. The molecular formula is C16H24N4O. The van der Waals surface area contributed by atoms with Crippen LogP contribution in [-0.2, 0) is 0 Å². The number of unbranched alkanes of at least 4 members (excludes halogenated alkanes) is 1. The zero-order valence-corrected chi connectivity index (χ0v) is 13.0. The molecule has 5 nitrogen and oxygen atoms in total. The van der Waals surface area contributed by atoms with Crippen LogP contribution < -0.4 is 5.73 Å². The molecule has 0 aliphatic rings. The number of imidazole rings is 1. The van der Waals surface area contributed by atoms with Crippen molar-refractivity contribution < 1.29 is 4.79 Å². The van der Waals surface area contributed by atoms with Crippen LogP contribution in [0.15, 0.2) is 24.5 Å². The second kappa shape index (κ2) is 6.72. The van der Waals surface area contributed by atoms with Crippen LogP contribution in [0.4, 0.5) is 0 Å². The first-order valence-electron chi connectivity index (χ1n) is 7.43. The molecule has 0 radical (unpaired) electrons. The van der Waals surface area contributed by atoms with E-state index in [4.69, 9.17) is 5.73 Å². The Bertz CT molecular complexity index is 618. The van der Waals surface area contributed by atoms with Gasteiger partial charge >= 0.3 is 0 Å². The summed E-state index contributed by atoms with van der Waals surface area (Å²) >= 11 is 0. The second-order valence-electron chi connectivity index (χ2n) is 5.66. The Morgan fingerprint density at radius 3 is 2.81 bits per heavy atom. The van der Waals surface area contributed by atoms with Crippen molar-refractivity contribution in [1.29, 1.82) is 0 Å². The van der Waals surface area contributed by atoms with Gasteiger partial charge in [-0.3, -0.25) is 4.79 Å². The molecule has 1 aromatic heterocycles. The molecule has 2 N–H and O–H groups in total. The summed E-state index contributed by atoms with van der Waals surface area (Å²) in [6.07, 6.45) is 4.99. The number of nitrogens with zero attached hydrogens (tertiary/aromatic N) is 3. The van der Waals surface area contributed by atoms with E-state index in [1.54, 1.807) is 19.0 Å². The monoisotopic (exact) mass is 288 g/mol. The summed E-state index contributed by atoms with van der Waals surface area (Å²) < 4.78 is 2.11. The fourth-order valence-electron chi connectivity index (χ4n) is 2.56. The third kappa shape index (κ3) is 3.24. The van der Waals surface area contributed by atoms with Crippen LogP contribution in [0.5, 0.6) is 0 Å². The Morgan fingerprint density at radius 1 is 1.38 bits per heavy atom. The van der Waals surface area contributed by atoms with Crippen molar-refractivity contribution in [2.45, 2.75) is 32.2 Å². The molecule has 1 atom stereocenters. The highest BCUT2D eigenvalue weighted by molar-refractivity contribution is 6.04. The number of hydrogen-bond donors (Lipinski definition) is 1. The van der Waals surface area contributed by atoms with Gasteiger partial charge in [-0.1, -0.05) is 12.5 Å². The molecule has 0 spiro atoms. The smallest absolute Gasteiger partial charge is 0.255 e. The maximum absolute atomic E-state index is 12.4. The van der Waals surface area contributed by atoms with Gasteiger partial charge in [0.1, 0.15) is 0 Å². The number of para-hydroxylation sites is 1. The molecule has 1 heterocycles. The molecule has 2 rings (SSSR count). The molecule has 1 aromatic carbocycles. The number of nitrogens with two attached hydrogens (primary N) is 1. The second-order valence-corrected chi connectivity index (χ2v) is 5.66. The summed E-state index contributed by atoms with van der Waals surface area (Å²) in [7, 11) is 3.54. The van der Waals surface area contributed by atoms with Crippen molar-refractivity contribution in [1.82, 2.24) is 14.5 Å². The lowest BCUT2D eigenvalue weighted by molar-refractivity contribution is 0.0829. The Hall–Kier alpha value is -1.88. The number of rotatable bonds is 6. The summed E-state index contributed by atoms with van der Waals surface area (Å²) in [6.45, 7) is 2.89. The first-order chi connectivity index (χ1) is 10.1. The SMILES string of the molecule is CC(CCCCN)n1cnc2cccc(C(=O)N(C)C)c21. The summed E-state index contributed by atoms with van der Waals surface area (Å²) in [5.74, 6) is 0.0107. The molecule has 0 fully saturated rings. The molecule has 1 unspecified atom stereocenters. The Kier molecular flexibility index (Phi) is 4.96. The van der Waals surface area contributed by atoms with Crippen molar-refractivity contribution in [3.05, 3.63) is 30.1 Å². The Labute approximate surface area is 125 Å². The van der Waals surface area contributed by atoms with Gasteiger partial charge in [0.15, 0.2) is 0 Å². The molecule has 1 amide bonds. The quantitative estimate of drug-likeness (QED) is 0.830. The summed E-state index contributed by atoms with van der Waals surface area (Å²) in [5, 5.41) is 0. The third-order valence-electron chi connectivity index (χ3n) is 3.78. The summed E-state index contributed by atoms with van der Waals surface area (Å²) in [4.78, 5) is 18.4. The van der Waals surface area contributed by atoms with Gasteiger partial charge in [-0.25, -0.2) is 4.98 Å². The minimum Gasteiger partial charge on any atom is -0.345 e. The first kappa shape index (κ1) is 15.5. The predicted octanol–water partition coefficient (Wildman–Crippen LogP) is 2.43. The van der Waals surface area contributed by atoms with Crippen LogP contribution >= 0.6 is 0 Å². The van der Waals surface area contributed by atoms with Crippen LogP contribution in [-0.4, -0.2) is 41.0 Å². The van der Waals surface area contributed by atoms with Gasteiger partial charge in [0, 0.05) is 20.1 Å². The zero-order valence-electron chi connectivity index (χ0n) is 13.0. The van der Waals surface area contributed by atoms with Gasteiger partial charge < -0.3 is 15.2 Å². The minimum absolute atomic E-state index is 0.0107. The predicted molar refractivity (Wildman–Crippen MR) is 85.4 cm³/mol. The zero-order chi connectivity index (χ0) is 15.4. The first-order valence-corrected chi connectivity index (χ1v) is 7.43. The summed E-state index contributed by atoms with van der Waals surface area (Å²) in [6, 6.07) is 6.01. The molecule has 2 aromatic rings. The van der Waals surface area contributed by atoms with E-state index in [0.29, 0.717) is 11.6 Å². The minimum atomic E-state index is 0.0107. The average molecular weight is 288 g/mol.